The van der Waals surface area contributed by atoms with Crippen molar-refractivity contribution in [2.45, 2.75) is 45.2 Å². The molecule has 7 heteroatoms. The first-order chi connectivity index (χ1) is 12.2. The highest BCUT2D eigenvalue weighted by Gasteiger charge is 2.30. The molecule has 1 aromatic heterocycles. The number of nitrogens with zero attached hydrogens (tertiary/aromatic N) is 5. The van der Waals surface area contributed by atoms with E-state index in [1.807, 2.05) is 42.2 Å². The van der Waals surface area contributed by atoms with Crippen LogP contribution in [-0.4, -0.2) is 56.7 Å². The molecule has 0 spiro atoms. The van der Waals surface area contributed by atoms with Crippen LogP contribution >= 0.6 is 0 Å². The van der Waals surface area contributed by atoms with Gasteiger partial charge < -0.3 is 10.2 Å². The van der Waals surface area contributed by atoms with E-state index in [9.17, 15) is 4.79 Å². The number of rotatable bonds is 6. The average Bonchev–Trinajstić information content (AvgIpc) is 3.16. The topological polar surface area (TPSA) is 75.9 Å². The maximum Gasteiger partial charge on any atom is 0.249 e. The normalized spacial score (nSPS) is 16.6. The molecule has 1 aromatic carbocycles. The zero-order valence-electron chi connectivity index (χ0n) is 14.9. The molecule has 7 nitrogen and oxygen atoms in total. The van der Waals surface area contributed by atoms with Gasteiger partial charge in [0, 0.05) is 18.2 Å². The summed E-state index contributed by atoms with van der Waals surface area (Å²) in [5.41, 5.74) is 0.900. The van der Waals surface area contributed by atoms with Crippen LogP contribution in [0.5, 0.6) is 0 Å². The van der Waals surface area contributed by atoms with Gasteiger partial charge in [-0.15, -0.1) is 10.2 Å². The first-order valence-corrected chi connectivity index (χ1v) is 9.06. The third-order valence-electron chi connectivity index (χ3n) is 4.66. The number of carbonyl (C=O) groups excluding carboxylic acids is 1. The summed E-state index contributed by atoms with van der Waals surface area (Å²) in [6.07, 6.45) is 2.94. The predicted octanol–water partition coefficient (Wildman–Crippen LogP) is 1.89. The molecule has 1 fully saturated rings. The van der Waals surface area contributed by atoms with Gasteiger partial charge in [-0.05, 0) is 44.5 Å². The molecule has 0 aliphatic carbocycles. The largest absolute Gasteiger partial charge is 0.338 e. The summed E-state index contributed by atoms with van der Waals surface area (Å²) in [4.78, 5) is 16.5. The molecule has 0 radical (unpaired) electrons. The number of aromatic nitrogens is 4. The third-order valence-corrected chi connectivity index (χ3v) is 4.66. The van der Waals surface area contributed by atoms with Crippen LogP contribution in [0.15, 0.2) is 30.3 Å². The molecule has 1 N–H and O–H groups in total. The predicted molar refractivity (Wildman–Crippen MR) is 95.9 cm³/mol. The first kappa shape index (κ1) is 17.5. The van der Waals surface area contributed by atoms with Crippen LogP contribution in [-0.2, 0) is 4.79 Å². The summed E-state index contributed by atoms with van der Waals surface area (Å²) in [5, 5.41) is 16.0. The third kappa shape index (κ3) is 4.04. The molecule has 1 atom stereocenters. The van der Waals surface area contributed by atoms with Crippen molar-refractivity contribution in [2.24, 2.45) is 0 Å². The number of hydrogen-bond donors (Lipinski definition) is 1. The lowest BCUT2D eigenvalue weighted by Crippen LogP contribution is -2.48. The quantitative estimate of drug-likeness (QED) is 0.867. The molecule has 3 rings (SSSR count). The molecule has 1 unspecified atom stereocenters. The monoisotopic (exact) mass is 342 g/mol. The minimum atomic E-state index is -0.452. The van der Waals surface area contributed by atoms with Crippen LogP contribution < -0.4 is 5.32 Å². The Morgan fingerprint density at radius 1 is 1.32 bits per heavy atom. The van der Waals surface area contributed by atoms with Gasteiger partial charge in [0.2, 0.25) is 11.7 Å². The van der Waals surface area contributed by atoms with Gasteiger partial charge in [0.25, 0.3) is 0 Å². The zero-order valence-corrected chi connectivity index (χ0v) is 14.9. The van der Waals surface area contributed by atoms with E-state index < -0.39 is 6.04 Å². The van der Waals surface area contributed by atoms with Gasteiger partial charge in [0.05, 0.1) is 0 Å². The standard InChI is InChI=1S/C18H26N6O/c1-3-13-23(16-9-11-19-12-10-16)18(25)14(2)24-21-17(20-22-24)15-7-5-4-6-8-15/h4-8,14,16,19H,3,9-13H2,1-2H3. The van der Waals surface area contributed by atoms with Gasteiger partial charge in [-0.3, -0.25) is 4.79 Å². The van der Waals surface area contributed by atoms with E-state index in [1.165, 1.54) is 4.80 Å². The van der Waals surface area contributed by atoms with Crippen molar-refractivity contribution in [3.05, 3.63) is 30.3 Å². The Kier molecular flexibility index (Phi) is 5.75. The highest BCUT2D eigenvalue weighted by atomic mass is 16.2. The van der Waals surface area contributed by atoms with Gasteiger partial charge >= 0.3 is 0 Å². The van der Waals surface area contributed by atoms with Gasteiger partial charge in [-0.25, -0.2) is 0 Å². The minimum Gasteiger partial charge on any atom is -0.338 e. The van der Waals surface area contributed by atoms with Crippen molar-refractivity contribution in [3.8, 4) is 11.4 Å². The van der Waals surface area contributed by atoms with Crippen molar-refractivity contribution < 1.29 is 4.79 Å². The van der Waals surface area contributed by atoms with Gasteiger partial charge in [0.15, 0.2) is 0 Å². The van der Waals surface area contributed by atoms with E-state index in [1.54, 1.807) is 0 Å². The van der Waals surface area contributed by atoms with Crippen LogP contribution in [0, 0.1) is 0 Å². The van der Waals surface area contributed by atoms with E-state index in [0.29, 0.717) is 11.9 Å². The van der Waals surface area contributed by atoms with Crippen LogP contribution in [0.2, 0.25) is 0 Å². The lowest BCUT2D eigenvalue weighted by molar-refractivity contribution is -0.138. The molecule has 1 amide bonds. The summed E-state index contributed by atoms with van der Waals surface area (Å²) in [6, 6.07) is 9.54. The maximum atomic E-state index is 13.1. The Bertz CT molecular complexity index is 680. The Balaban J connectivity index is 1.75. The van der Waals surface area contributed by atoms with Crippen LogP contribution in [0.3, 0.4) is 0 Å². The van der Waals surface area contributed by atoms with Crippen molar-refractivity contribution in [3.63, 3.8) is 0 Å². The van der Waals surface area contributed by atoms with E-state index in [-0.39, 0.29) is 5.91 Å². The average molecular weight is 342 g/mol. The summed E-state index contributed by atoms with van der Waals surface area (Å²) in [5.74, 6) is 0.620. The lowest BCUT2D eigenvalue weighted by Gasteiger charge is -2.35. The smallest absolute Gasteiger partial charge is 0.249 e. The molecule has 25 heavy (non-hydrogen) atoms. The summed E-state index contributed by atoms with van der Waals surface area (Å²) >= 11 is 0. The molecule has 0 bridgehead atoms. The molecule has 1 aliphatic rings. The van der Waals surface area contributed by atoms with E-state index >= 15 is 0 Å². The fraction of sp³-hybridized carbons (Fsp3) is 0.556. The number of nitrogens with one attached hydrogen (secondary N) is 1. The van der Waals surface area contributed by atoms with E-state index in [4.69, 9.17) is 0 Å². The van der Waals surface area contributed by atoms with E-state index in [0.717, 1.165) is 44.5 Å². The van der Waals surface area contributed by atoms with Gasteiger partial charge in [-0.1, -0.05) is 37.3 Å². The lowest BCUT2D eigenvalue weighted by atomic mass is 10.0. The van der Waals surface area contributed by atoms with Crippen molar-refractivity contribution in [1.82, 2.24) is 30.4 Å². The second-order valence-corrected chi connectivity index (χ2v) is 6.49. The van der Waals surface area contributed by atoms with Crippen molar-refractivity contribution in [1.29, 1.82) is 0 Å². The number of amides is 1. The SMILES string of the molecule is CCCN(C(=O)C(C)n1nnc(-c2ccccc2)n1)C1CCNCC1. The zero-order chi connectivity index (χ0) is 17.6. The minimum absolute atomic E-state index is 0.0748. The van der Waals surface area contributed by atoms with E-state index in [2.05, 4.69) is 27.7 Å². The molecular weight excluding hydrogens is 316 g/mol. The molecule has 1 saturated heterocycles. The Hall–Kier alpha value is -2.28. The van der Waals surface area contributed by atoms with Gasteiger partial charge in [-0.2, -0.15) is 4.80 Å². The number of tetrazole rings is 1. The molecule has 134 valence electrons. The van der Waals surface area contributed by atoms with Crippen LogP contribution in [0.4, 0.5) is 0 Å². The number of piperidine rings is 1. The molecule has 1 aliphatic heterocycles. The Morgan fingerprint density at radius 3 is 2.72 bits per heavy atom. The molecule has 2 aromatic rings. The number of hydrogen-bond acceptors (Lipinski definition) is 5. The van der Waals surface area contributed by atoms with Crippen LogP contribution in [0.25, 0.3) is 11.4 Å². The first-order valence-electron chi connectivity index (χ1n) is 9.06. The summed E-state index contributed by atoms with van der Waals surface area (Å²) < 4.78 is 0. The molecular formula is C18H26N6O. The van der Waals surface area contributed by atoms with Gasteiger partial charge in [0.1, 0.15) is 6.04 Å². The maximum absolute atomic E-state index is 13.1. The highest BCUT2D eigenvalue weighted by Crippen LogP contribution is 2.19. The Labute approximate surface area is 148 Å². The van der Waals surface area contributed by atoms with Crippen LogP contribution in [0.1, 0.15) is 39.2 Å². The second-order valence-electron chi connectivity index (χ2n) is 6.49. The fourth-order valence-electron chi connectivity index (χ4n) is 3.26. The molecule has 2 heterocycles. The highest BCUT2D eigenvalue weighted by molar-refractivity contribution is 5.80. The van der Waals surface area contributed by atoms with Crippen molar-refractivity contribution in [2.75, 3.05) is 19.6 Å². The second kappa shape index (κ2) is 8.20. The number of carbonyl (C=O) groups is 1. The molecule has 0 saturated carbocycles. The van der Waals surface area contributed by atoms with Crippen molar-refractivity contribution >= 4 is 5.91 Å². The number of benzene rings is 1. The summed E-state index contributed by atoms with van der Waals surface area (Å²) in [7, 11) is 0. The fourth-order valence-corrected chi connectivity index (χ4v) is 3.26. The Morgan fingerprint density at radius 2 is 2.04 bits per heavy atom. The summed E-state index contributed by atoms with van der Waals surface area (Å²) in [6.45, 7) is 6.66.